The van der Waals surface area contributed by atoms with Crippen LogP contribution in [-0.4, -0.2) is 20.4 Å². The van der Waals surface area contributed by atoms with Gasteiger partial charge >= 0.3 is 0 Å². The molecule has 0 aliphatic heterocycles. The fourth-order valence-electron chi connectivity index (χ4n) is 2.26. The summed E-state index contributed by atoms with van der Waals surface area (Å²) < 4.78 is 40.6. The molecule has 5 nitrogen and oxygen atoms in total. The highest BCUT2D eigenvalue weighted by Gasteiger charge is 2.29. The number of benzene rings is 2. The number of nitrogens with one attached hydrogen (secondary N) is 2. The van der Waals surface area contributed by atoms with E-state index in [1.807, 2.05) is 0 Å². The normalized spacial score (nSPS) is 14.4. The third kappa shape index (κ3) is 4.18. The fraction of sp³-hybridized carbons (Fsp3) is 0.235. The molecule has 0 aromatic heterocycles. The molecule has 1 saturated carbocycles. The van der Waals surface area contributed by atoms with E-state index in [0.717, 1.165) is 12.8 Å². The molecule has 0 saturated heterocycles. The van der Waals surface area contributed by atoms with Crippen LogP contribution in [0.4, 0.5) is 10.1 Å². The van der Waals surface area contributed by atoms with Gasteiger partial charge in [0, 0.05) is 17.3 Å². The Labute approximate surface area is 150 Å². The first-order valence-corrected chi connectivity index (χ1v) is 9.52. The van der Waals surface area contributed by atoms with Crippen molar-refractivity contribution in [1.29, 1.82) is 0 Å². The van der Waals surface area contributed by atoms with Crippen LogP contribution >= 0.6 is 11.6 Å². The molecule has 25 heavy (non-hydrogen) atoms. The van der Waals surface area contributed by atoms with Gasteiger partial charge in [0.05, 0.1) is 5.02 Å². The quantitative estimate of drug-likeness (QED) is 0.831. The van der Waals surface area contributed by atoms with E-state index in [-0.39, 0.29) is 21.5 Å². The summed E-state index contributed by atoms with van der Waals surface area (Å²) in [5.74, 6) is -1.03. The van der Waals surface area contributed by atoms with Crippen molar-refractivity contribution in [3.63, 3.8) is 0 Å². The van der Waals surface area contributed by atoms with Gasteiger partial charge < -0.3 is 5.32 Å². The zero-order valence-electron chi connectivity index (χ0n) is 13.3. The van der Waals surface area contributed by atoms with E-state index in [9.17, 15) is 17.6 Å². The molecule has 0 heterocycles. The molecule has 0 unspecified atom stereocenters. The summed E-state index contributed by atoms with van der Waals surface area (Å²) in [7, 11) is -3.79. The van der Waals surface area contributed by atoms with Crippen molar-refractivity contribution >= 4 is 33.2 Å². The van der Waals surface area contributed by atoms with E-state index >= 15 is 0 Å². The second kappa shape index (κ2) is 6.74. The van der Waals surface area contributed by atoms with Crippen LogP contribution in [0.1, 0.15) is 28.8 Å². The molecule has 0 radical (unpaired) electrons. The largest absolute Gasteiger partial charge is 0.322 e. The Kier molecular flexibility index (Phi) is 4.81. The highest BCUT2D eigenvalue weighted by Crippen LogP contribution is 2.27. The van der Waals surface area contributed by atoms with Gasteiger partial charge in [0.2, 0.25) is 10.0 Å². The average Bonchev–Trinajstić information content (AvgIpc) is 3.34. The number of hydrogen-bond acceptors (Lipinski definition) is 3. The highest BCUT2D eigenvalue weighted by atomic mass is 35.5. The molecule has 0 atom stereocenters. The maximum absolute atomic E-state index is 13.3. The first-order valence-electron chi connectivity index (χ1n) is 7.65. The lowest BCUT2D eigenvalue weighted by Crippen LogP contribution is -2.26. The molecule has 0 spiro atoms. The number of anilines is 1. The van der Waals surface area contributed by atoms with Crippen LogP contribution in [0.2, 0.25) is 5.02 Å². The number of sulfonamides is 1. The Hall–Kier alpha value is -1.96. The van der Waals surface area contributed by atoms with Gasteiger partial charge in [-0.15, -0.1) is 0 Å². The average molecular weight is 383 g/mol. The molecular weight excluding hydrogens is 367 g/mol. The third-order valence-corrected chi connectivity index (χ3v) is 5.83. The Morgan fingerprint density at radius 1 is 1.20 bits per heavy atom. The fourth-order valence-corrected chi connectivity index (χ4v) is 4.09. The van der Waals surface area contributed by atoms with Crippen molar-refractivity contribution in [3.05, 3.63) is 58.4 Å². The molecule has 1 amide bonds. The monoisotopic (exact) mass is 382 g/mol. The van der Waals surface area contributed by atoms with E-state index in [0.29, 0.717) is 11.3 Å². The van der Waals surface area contributed by atoms with Gasteiger partial charge in [-0.25, -0.2) is 17.5 Å². The molecule has 1 fully saturated rings. The van der Waals surface area contributed by atoms with Crippen molar-refractivity contribution in [1.82, 2.24) is 4.72 Å². The number of hydrogen-bond donors (Lipinski definition) is 2. The van der Waals surface area contributed by atoms with E-state index < -0.39 is 21.7 Å². The summed E-state index contributed by atoms with van der Waals surface area (Å²) >= 11 is 6.00. The minimum absolute atomic E-state index is 0.0339. The van der Waals surface area contributed by atoms with Crippen molar-refractivity contribution in [2.24, 2.45) is 0 Å². The summed E-state index contributed by atoms with van der Waals surface area (Å²) in [4.78, 5) is 12.3. The van der Waals surface area contributed by atoms with Crippen molar-refractivity contribution in [2.75, 3.05) is 5.32 Å². The van der Waals surface area contributed by atoms with Gasteiger partial charge in [-0.1, -0.05) is 17.7 Å². The third-order valence-electron chi connectivity index (χ3n) is 3.83. The molecule has 0 bridgehead atoms. The van der Waals surface area contributed by atoms with E-state index in [4.69, 9.17) is 11.6 Å². The van der Waals surface area contributed by atoms with Gasteiger partial charge in [-0.05, 0) is 55.7 Å². The Balaban J connectivity index is 1.88. The summed E-state index contributed by atoms with van der Waals surface area (Å²) in [6, 6.07) is 7.96. The predicted molar refractivity (Wildman–Crippen MR) is 93.9 cm³/mol. The molecule has 2 N–H and O–H groups in total. The van der Waals surface area contributed by atoms with Gasteiger partial charge in [-0.3, -0.25) is 4.79 Å². The van der Waals surface area contributed by atoms with Crippen LogP contribution in [0.5, 0.6) is 0 Å². The minimum Gasteiger partial charge on any atom is -0.322 e. The van der Waals surface area contributed by atoms with E-state index in [1.165, 1.54) is 30.3 Å². The summed E-state index contributed by atoms with van der Waals surface area (Å²) in [5, 5.41) is 2.62. The maximum Gasteiger partial charge on any atom is 0.255 e. The summed E-state index contributed by atoms with van der Waals surface area (Å²) in [6.07, 6.45) is 1.58. The van der Waals surface area contributed by atoms with Crippen molar-refractivity contribution in [2.45, 2.75) is 30.7 Å². The van der Waals surface area contributed by atoms with Crippen LogP contribution in [0.15, 0.2) is 41.3 Å². The SMILES string of the molecule is Cc1ccc(F)cc1NC(=O)c1ccc(Cl)c(S(=O)(=O)NC2CC2)c1. The topological polar surface area (TPSA) is 75.3 Å². The minimum atomic E-state index is -3.79. The van der Waals surface area contributed by atoms with Crippen molar-refractivity contribution < 1.29 is 17.6 Å². The predicted octanol–water partition coefficient (Wildman–Crippen LogP) is 3.48. The Bertz CT molecular complexity index is 943. The Morgan fingerprint density at radius 2 is 1.92 bits per heavy atom. The zero-order chi connectivity index (χ0) is 18.2. The molecule has 1 aliphatic carbocycles. The lowest BCUT2D eigenvalue weighted by molar-refractivity contribution is 0.102. The van der Waals surface area contributed by atoms with E-state index in [2.05, 4.69) is 10.0 Å². The van der Waals surface area contributed by atoms with Gasteiger partial charge in [0.1, 0.15) is 10.7 Å². The number of carbonyl (C=O) groups excluding carboxylic acids is 1. The van der Waals surface area contributed by atoms with Gasteiger partial charge in [0.25, 0.3) is 5.91 Å². The molecule has 3 rings (SSSR count). The first kappa shape index (κ1) is 17.8. The molecular formula is C17H16ClFN2O3S. The summed E-state index contributed by atoms with van der Waals surface area (Å²) in [5.41, 5.74) is 1.12. The zero-order valence-corrected chi connectivity index (χ0v) is 14.9. The second-order valence-corrected chi connectivity index (χ2v) is 8.04. The lowest BCUT2D eigenvalue weighted by atomic mass is 10.1. The Morgan fingerprint density at radius 3 is 2.60 bits per heavy atom. The first-order chi connectivity index (χ1) is 11.8. The molecule has 132 valence electrons. The smallest absolute Gasteiger partial charge is 0.255 e. The lowest BCUT2D eigenvalue weighted by Gasteiger charge is -2.11. The van der Waals surface area contributed by atoms with Crippen molar-refractivity contribution in [3.8, 4) is 0 Å². The van der Waals surface area contributed by atoms with E-state index in [1.54, 1.807) is 13.0 Å². The standard InChI is InChI=1S/C17H16ClFN2O3S/c1-10-2-4-12(19)9-15(10)20-17(22)11-3-7-14(18)16(8-11)25(23,24)21-13-5-6-13/h2-4,7-9,13,21H,5-6H2,1H3,(H,20,22). The molecule has 1 aliphatic rings. The van der Waals surface area contributed by atoms with Crippen LogP contribution in [-0.2, 0) is 10.0 Å². The maximum atomic E-state index is 13.3. The summed E-state index contributed by atoms with van der Waals surface area (Å²) in [6.45, 7) is 1.73. The van der Waals surface area contributed by atoms with Crippen LogP contribution in [0.3, 0.4) is 0 Å². The highest BCUT2D eigenvalue weighted by molar-refractivity contribution is 7.89. The number of aryl methyl sites for hydroxylation is 1. The molecule has 2 aromatic rings. The van der Waals surface area contributed by atoms with Gasteiger partial charge in [0.15, 0.2) is 0 Å². The number of carbonyl (C=O) groups is 1. The van der Waals surface area contributed by atoms with Crippen LogP contribution in [0, 0.1) is 12.7 Å². The number of amides is 1. The molecule has 2 aromatic carbocycles. The van der Waals surface area contributed by atoms with Gasteiger partial charge in [-0.2, -0.15) is 0 Å². The number of rotatable bonds is 5. The second-order valence-electron chi connectivity index (χ2n) is 5.95. The molecule has 8 heteroatoms. The van der Waals surface area contributed by atoms with Crippen LogP contribution in [0.25, 0.3) is 0 Å². The van der Waals surface area contributed by atoms with Crippen LogP contribution < -0.4 is 10.0 Å². The number of halogens is 2.